The van der Waals surface area contributed by atoms with E-state index in [1.807, 2.05) is 72.8 Å². The van der Waals surface area contributed by atoms with E-state index in [2.05, 4.69) is 185 Å². The molecular weight excluding hydrogens is 855 g/mol. The number of hydrogen-bond acceptors (Lipinski definition) is 5. The monoisotopic (exact) mass is 895 g/mol. The van der Waals surface area contributed by atoms with Crippen LogP contribution < -0.4 is 0 Å². The van der Waals surface area contributed by atoms with Gasteiger partial charge in [0.2, 0.25) is 5.78 Å². The summed E-state index contributed by atoms with van der Waals surface area (Å²) in [5.74, 6) is 2.23. The molecule has 4 aromatic heterocycles. The predicted molar refractivity (Wildman–Crippen MR) is 284 cm³/mol. The molecule has 0 bridgehead atoms. The lowest BCUT2D eigenvalue weighted by Crippen LogP contribution is -1.96. The summed E-state index contributed by atoms with van der Waals surface area (Å²) in [6, 6.07) is 86.2. The van der Waals surface area contributed by atoms with E-state index in [-0.39, 0.29) is 0 Å². The van der Waals surface area contributed by atoms with E-state index in [1.54, 1.807) is 0 Å². The molecule has 0 N–H and O–H groups in total. The van der Waals surface area contributed by atoms with Crippen molar-refractivity contribution in [2.75, 3.05) is 0 Å². The topological polar surface area (TPSA) is 73.8 Å². The number of hydrogen-bond donors (Lipinski definition) is 0. The number of imidazole rings is 2. The summed E-state index contributed by atoms with van der Waals surface area (Å²) in [6.07, 6.45) is 0. The zero-order chi connectivity index (χ0) is 46.4. The number of nitrogens with zero attached hydrogens (tertiary/aromatic N) is 7. The van der Waals surface area contributed by atoms with Crippen LogP contribution in [0.2, 0.25) is 0 Å². The van der Waals surface area contributed by atoms with Crippen LogP contribution in [0, 0.1) is 0 Å². The van der Waals surface area contributed by atoms with Crippen molar-refractivity contribution in [2.24, 2.45) is 0 Å². The molecule has 70 heavy (non-hydrogen) atoms. The van der Waals surface area contributed by atoms with Crippen LogP contribution in [0.5, 0.6) is 0 Å². The van der Waals surface area contributed by atoms with Crippen LogP contribution in [0.25, 0.3) is 124 Å². The van der Waals surface area contributed by atoms with Gasteiger partial charge in [0.05, 0.1) is 44.8 Å². The van der Waals surface area contributed by atoms with E-state index in [0.29, 0.717) is 11.6 Å². The fraction of sp³-hybridized carbons (Fsp3) is 0. The van der Waals surface area contributed by atoms with Gasteiger partial charge in [-0.25, -0.2) is 24.9 Å². The second-order valence-corrected chi connectivity index (χ2v) is 17.4. The smallest absolute Gasteiger partial charge is 0.220 e. The third-order valence-corrected chi connectivity index (χ3v) is 13.0. The number of fused-ring (bicyclic) bond motifs is 5. The SMILES string of the molecule is c1ccc(-c2cc(-c3ccc(-c4ccc5c(c4)n4c6cc(-c7ccc(-c8nc(-c9ccccc9)cc(-c9ccccc9)n8)cc7)ccc6nc4n5-c4ccccc4)cc3)nc(-c3ccccc3)n2)cc1. The lowest BCUT2D eigenvalue weighted by molar-refractivity contribution is 1.11. The van der Waals surface area contributed by atoms with E-state index in [4.69, 9.17) is 24.9 Å². The minimum Gasteiger partial charge on any atom is -0.278 e. The molecule has 7 nitrogen and oxygen atoms in total. The summed E-state index contributed by atoms with van der Waals surface area (Å²) in [7, 11) is 0. The first kappa shape index (κ1) is 40.7. The molecular formula is C63H41N7. The Morgan fingerprint density at radius 2 is 0.600 bits per heavy atom. The molecule has 0 aliphatic carbocycles. The van der Waals surface area contributed by atoms with Gasteiger partial charge in [-0.3, -0.25) is 8.97 Å². The largest absolute Gasteiger partial charge is 0.278 e. The molecule has 7 heteroatoms. The fourth-order valence-corrected chi connectivity index (χ4v) is 9.44. The Bertz CT molecular complexity index is 3890. The normalized spacial score (nSPS) is 11.4. The summed E-state index contributed by atoms with van der Waals surface area (Å²) in [5, 5.41) is 0. The third-order valence-electron chi connectivity index (χ3n) is 13.0. The highest BCUT2D eigenvalue weighted by Crippen LogP contribution is 2.36. The van der Waals surface area contributed by atoms with Gasteiger partial charge in [0.1, 0.15) is 0 Å². The number of benzene rings is 9. The molecule has 328 valence electrons. The van der Waals surface area contributed by atoms with Gasteiger partial charge in [0.25, 0.3) is 0 Å². The van der Waals surface area contributed by atoms with Crippen molar-refractivity contribution in [3.05, 3.63) is 249 Å². The van der Waals surface area contributed by atoms with Crippen molar-refractivity contribution in [1.82, 2.24) is 33.9 Å². The first-order valence-electron chi connectivity index (χ1n) is 23.4. The second kappa shape index (κ2) is 17.2. The van der Waals surface area contributed by atoms with Crippen LogP contribution >= 0.6 is 0 Å². The Labute approximate surface area is 404 Å². The van der Waals surface area contributed by atoms with Crippen LogP contribution in [-0.2, 0) is 0 Å². The lowest BCUT2D eigenvalue weighted by atomic mass is 10.0. The summed E-state index contributed by atoms with van der Waals surface area (Å²) >= 11 is 0. The molecule has 0 saturated carbocycles. The molecule has 0 spiro atoms. The maximum absolute atomic E-state index is 5.29. The van der Waals surface area contributed by atoms with Crippen molar-refractivity contribution >= 4 is 27.8 Å². The van der Waals surface area contributed by atoms with E-state index in [1.165, 1.54) is 0 Å². The maximum Gasteiger partial charge on any atom is 0.220 e. The first-order chi connectivity index (χ1) is 34.7. The molecule has 13 rings (SSSR count). The molecule has 0 fully saturated rings. The molecule has 0 radical (unpaired) electrons. The van der Waals surface area contributed by atoms with Gasteiger partial charge < -0.3 is 0 Å². The quantitative estimate of drug-likeness (QED) is 0.144. The van der Waals surface area contributed by atoms with E-state index in [0.717, 1.165) is 112 Å². The van der Waals surface area contributed by atoms with Crippen molar-refractivity contribution in [3.63, 3.8) is 0 Å². The Morgan fingerprint density at radius 3 is 1.09 bits per heavy atom. The van der Waals surface area contributed by atoms with Crippen molar-refractivity contribution in [2.45, 2.75) is 0 Å². The van der Waals surface area contributed by atoms with Gasteiger partial charge in [0, 0.05) is 39.1 Å². The molecule has 0 saturated heterocycles. The van der Waals surface area contributed by atoms with Gasteiger partial charge >= 0.3 is 0 Å². The maximum atomic E-state index is 5.29. The molecule has 4 heterocycles. The third kappa shape index (κ3) is 7.48. The molecule has 0 aliphatic rings. The lowest BCUT2D eigenvalue weighted by Gasteiger charge is -2.10. The Kier molecular flexibility index (Phi) is 10.0. The van der Waals surface area contributed by atoms with Gasteiger partial charge in [-0.15, -0.1) is 0 Å². The second-order valence-electron chi connectivity index (χ2n) is 17.4. The molecule has 0 unspecified atom stereocenters. The highest BCUT2D eigenvalue weighted by atomic mass is 15.2. The number of aromatic nitrogens is 7. The van der Waals surface area contributed by atoms with Gasteiger partial charge in [-0.05, 0) is 70.8 Å². The average Bonchev–Trinajstić information content (AvgIpc) is 3.98. The Morgan fingerprint density at radius 1 is 0.243 bits per heavy atom. The number of rotatable bonds is 9. The van der Waals surface area contributed by atoms with Crippen LogP contribution in [0.15, 0.2) is 249 Å². The van der Waals surface area contributed by atoms with Crippen LogP contribution in [-0.4, -0.2) is 33.9 Å². The average molecular weight is 896 g/mol. The molecule has 0 aliphatic heterocycles. The molecule has 0 amide bonds. The predicted octanol–water partition coefficient (Wildman–Crippen LogP) is 15.3. The summed E-state index contributed by atoms with van der Waals surface area (Å²) in [5.41, 5.74) is 19.1. The first-order valence-corrected chi connectivity index (χ1v) is 23.4. The molecule has 0 atom stereocenters. The molecule has 9 aromatic carbocycles. The zero-order valence-electron chi connectivity index (χ0n) is 37.8. The van der Waals surface area contributed by atoms with E-state index < -0.39 is 0 Å². The van der Waals surface area contributed by atoms with Crippen molar-refractivity contribution in [3.8, 4) is 95.7 Å². The van der Waals surface area contributed by atoms with E-state index >= 15 is 0 Å². The van der Waals surface area contributed by atoms with Crippen LogP contribution in [0.1, 0.15) is 0 Å². The standard InChI is InChI=1S/C63H41N7/c1-6-16-44(17-7-1)54-40-55(45-18-8-2-9-19-45)66-62(65-54)49-32-28-43(29-33-49)50-34-36-53-59(38-50)70-60-39-51(35-37-58(60)69(63(70)68-53)52-24-14-5-15-25-52)42-26-30-47(31-27-42)57-41-56(46-20-10-3-11-21-46)64-61(67-57)48-22-12-4-13-23-48/h1-41H. The summed E-state index contributed by atoms with van der Waals surface area (Å²) in [4.78, 5) is 25.5. The Hall–Kier alpha value is -9.59. The number of para-hydroxylation sites is 1. The fourth-order valence-electron chi connectivity index (χ4n) is 9.44. The summed E-state index contributed by atoms with van der Waals surface area (Å²) < 4.78 is 4.56. The van der Waals surface area contributed by atoms with Crippen molar-refractivity contribution < 1.29 is 0 Å². The highest BCUT2D eigenvalue weighted by Gasteiger charge is 2.20. The molecule has 13 aromatic rings. The Balaban J connectivity index is 0.886. The van der Waals surface area contributed by atoms with Gasteiger partial charge in [0.15, 0.2) is 11.6 Å². The minimum atomic E-state index is 0.683. The minimum absolute atomic E-state index is 0.683. The highest BCUT2D eigenvalue weighted by molar-refractivity contribution is 5.96. The van der Waals surface area contributed by atoms with Gasteiger partial charge in [-0.2, -0.15) is 0 Å². The zero-order valence-corrected chi connectivity index (χ0v) is 37.8. The van der Waals surface area contributed by atoms with Crippen LogP contribution in [0.3, 0.4) is 0 Å². The van der Waals surface area contributed by atoms with Crippen LogP contribution in [0.4, 0.5) is 0 Å². The van der Waals surface area contributed by atoms with Gasteiger partial charge in [-0.1, -0.05) is 200 Å². The summed E-state index contributed by atoms with van der Waals surface area (Å²) in [6.45, 7) is 0. The van der Waals surface area contributed by atoms with Crippen molar-refractivity contribution in [1.29, 1.82) is 0 Å². The van der Waals surface area contributed by atoms with E-state index in [9.17, 15) is 0 Å².